The number of phenols is 1. The van der Waals surface area contributed by atoms with Crippen LogP contribution in [0, 0.1) is 0 Å². The third kappa shape index (κ3) is 2.29. The van der Waals surface area contributed by atoms with E-state index in [9.17, 15) is 15.0 Å². The Morgan fingerprint density at radius 2 is 2.00 bits per heavy atom. The maximum atomic E-state index is 11.5. The van der Waals surface area contributed by atoms with E-state index in [2.05, 4.69) is 4.74 Å². The molecule has 1 aromatic carbocycles. The van der Waals surface area contributed by atoms with E-state index in [0.717, 1.165) is 10.9 Å². The van der Waals surface area contributed by atoms with Gasteiger partial charge in [0.2, 0.25) is 0 Å². The quantitative estimate of drug-likeness (QED) is 0.832. The summed E-state index contributed by atoms with van der Waals surface area (Å²) in [4.78, 5) is 11.5. The zero-order valence-electron chi connectivity index (χ0n) is 11.1. The molecule has 5 nitrogen and oxygen atoms in total. The van der Waals surface area contributed by atoms with Crippen molar-refractivity contribution in [3.05, 3.63) is 30.0 Å². The van der Waals surface area contributed by atoms with Crippen molar-refractivity contribution in [2.75, 3.05) is 7.11 Å². The normalized spacial score (nSPS) is 12.9. The van der Waals surface area contributed by atoms with Crippen molar-refractivity contribution in [1.29, 1.82) is 0 Å². The molecule has 0 fully saturated rings. The van der Waals surface area contributed by atoms with Gasteiger partial charge in [0.05, 0.1) is 18.3 Å². The van der Waals surface area contributed by atoms with E-state index < -0.39 is 12.1 Å². The molecule has 2 rings (SSSR count). The lowest BCUT2D eigenvalue weighted by Gasteiger charge is -2.17. The number of esters is 1. The van der Waals surface area contributed by atoms with Crippen molar-refractivity contribution in [2.45, 2.75) is 26.0 Å². The molecule has 1 aromatic heterocycles. The van der Waals surface area contributed by atoms with Gasteiger partial charge in [0.25, 0.3) is 0 Å². The summed E-state index contributed by atoms with van der Waals surface area (Å²) in [6, 6.07) is 6.70. The van der Waals surface area contributed by atoms with E-state index in [0.29, 0.717) is 5.69 Å². The molecule has 1 heterocycles. The summed E-state index contributed by atoms with van der Waals surface area (Å²) >= 11 is 0. The summed E-state index contributed by atoms with van der Waals surface area (Å²) in [6.45, 7) is 3.88. The van der Waals surface area contributed by atoms with Crippen LogP contribution in [0.4, 0.5) is 0 Å². The van der Waals surface area contributed by atoms with E-state index in [-0.39, 0.29) is 11.8 Å². The predicted octanol–water partition coefficient (Wildman–Crippen LogP) is 2.13. The first-order chi connectivity index (χ1) is 8.95. The first-order valence-electron chi connectivity index (χ1n) is 6.05. The number of rotatable bonds is 3. The molecule has 0 saturated carbocycles. The largest absolute Gasteiger partial charge is 0.508 e. The molecule has 0 aliphatic rings. The number of phenolic OH excluding ortho intramolecular Hbond substituents is 1. The zero-order chi connectivity index (χ0) is 14.2. The molecule has 0 saturated heterocycles. The summed E-state index contributed by atoms with van der Waals surface area (Å²) < 4.78 is 6.39. The van der Waals surface area contributed by atoms with Crippen LogP contribution in [-0.4, -0.2) is 27.9 Å². The summed E-state index contributed by atoms with van der Waals surface area (Å²) in [5.41, 5.74) is 1.23. The number of ether oxygens (including phenoxy) is 1. The van der Waals surface area contributed by atoms with Crippen LogP contribution in [0.2, 0.25) is 0 Å². The second kappa shape index (κ2) is 4.93. The number of methoxy groups -OCH3 is 1. The third-order valence-corrected chi connectivity index (χ3v) is 3.08. The minimum absolute atomic E-state index is 0.0357. The van der Waals surface area contributed by atoms with Gasteiger partial charge in [-0.05, 0) is 32.0 Å². The van der Waals surface area contributed by atoms with Crippen LogP contribution in [0.5, 0.6) is 5.75 Å². The number of hydrogen-bond donors (Lipinski definition) is 2. The Bertz CT molecular complexity index is 615. The number of nitrogens with zero attached hydrogens (tertiary/aromatic N) is 1. The van der Waals surface area contributed by atoms with E-state index >= 15 is 0 Å². The average Bonchev–Trinajstić information content (AvgIpc) is 2.75. The number of aromatic nitrogens is 1. The molecule has 1 atom stereocenters. The van der Waals surface area contributed by atoms with Gasteiger partial charge in [0.15, 0.2) is 6.10 Å². The standard InChI is InChI=1S/C14H17NO4/c1-8(2)15-11-7-10(16)5-4-9(11)6-12(15)13(17)14(18)19-3/h4-8,13,16-17H,1-3H3. The molecule has 19 heavy (non-hydrogen) atoms. The SMILES string of the molecule is COC(=O)C(O)c1cc2ccc(O)cc2n1C(C)C. The highest BCUT2D eigenvalue weighted by Gasteiger charge is 2.24. The van der Waals surface area contributed by atoms with Gasteiger partial charge in [-0.15, -0.1) is 0 Å². The summed E-state index contributed by atoms with van der Waals surface area (Å²) in [5.74, 6) is -0.555. The number of aromatic hydroxyl groups is 1. The predicted molar refractivity (Wildman–Crippen MR) is 71.0 cm³/mol. The Morgan fingerprint density at radius 3 is 2.58 bits per heavy atom. The Hall–Kier alpha value is -2.01. The van der Waals surface area contributed by atoms with Gasteiger partial charge >= 0.3 is 5.97 Å². The lowest BCUT2D eigenvalue weighted by Crippen LogP contribution is -2.18. The van der Waals surface area contributed by atoms with Crippen molar-refractivity contribution in [2.24, 2.45) is 0 Å². The number of benzene rings is 1. The molecule has 2 N–H and O–H groups in total. The monoisotopic (exact) mass is 263 g/mol. The van der Waals surface area contributed by atoms with Crippen molar-refractivity contribution in [3.8, 4) is 5.75 Å². The molecular weight excluding hydrogens is 246 g/mol. The molecule has 0 bridgehead atoms. The molecule has 2 aromatic rings. The highest BCUT2D eigenvalue weighted by molar-refractivity contribution is 5.85. The molecule has 0 aliphatic heterocycles. The van der Waals surface area contributed by atoms with E-state index in [1.807, 2.05) is 18.4 Å². The Morgan fingerprint density at radius 1 is 1.32 bits per heavy atom. The lowest BCUT2D eigenvalue weighted by molar-refractivity contribution is -0.151. The first-order valence-corrected chi connectivity index (χ1v) is 6.05. The summed E-state index contributed by atoms with van der Waals surface area (Å²) in [6.07, 6.45) is -1.33. The molecular formula is C14H17NO4. The van der Waals surface area contributed by atoms with Gasteiger partial charge in [-0.2, -0.15) is 0 Å². The van der Waals surface area contributed by atoms with Gasteiger partial charge in [-0.3, -0.25) is 0 Å². The Kier molecular flexibility index (Phi) is 3.48. The van der Waals surface area contributed by atoms with Crippen LogP contribution in [0.3, 0.4) is 0 Å². The minimum atomic E-state index is -1.33. The molecule has 1 unspecified atom stereocenters. The highest BCUT2D eigenvalue weighted by Crippen LogP contribution is 2.30. The number of aliphatic hydroxyl groups is 1. The van der Waals surface area contributed by atoms with Crippen LogP contribution in [0.25, 0.3) is 10.9 Å². The number of carbonyl (C=O) groups excluding carboxylic acids is 1. The molecule has 0 amide bonds. The molecule has 102 valence electrons. The molecule has 0 spiro atoms. The van der Waals surface area contributed by atoms with E-state index in [1.54, 1.807) is 24.3 Å². The Labute approximate surface area is 111 Å². The van der Waals surface area contributed by atoms with Crippen LogP contribution in [-0.2, 0) is 9.53 Å². The zero-order valence-corrected chi connectivity index (χ0v) is 11.1. The van der Waals surface area contributed by atoms with Crippen molar-refractivity contribution in [1.82, 2.24) is 4.57 Å². The third-order valence-electron chi connectivity index (χ3n) is 3.08. The summed E-state index contributed by atoms with van der Waals surface area (Å²) in [7, 11) is 1.24. The van der Waals surface area contributed by atoms with Crippen molar-refractivity contribution in [3.63, 3.8) is 0 Å². The Balaban J connectivity index is 2.66. The smallest absolute Gasteiger partial charge is 0.340 e. The second-order valence-corrected chi connectivity index (χ2v) is 4.70. The fourth-order valence-electron chi connectivity index (χ4n) is 2.25. The fourth-order valence-corrected chi connectivity index (χ4v) is 2.25. The molecule has 0 aliphatic carbocycles. The number of carbonyl (C=O) groups is 1. The van der Waals surface area contributed by atoms with Crippen molar-refractivity contribution < 1.29 is 19.7 Å². The maximum Gasteiger partial charge on any atom is 0.340 e. The average molecular weight is 263 g/mol. The highest BCUT2D eigenvalue weighted by atomic mass is 16.5. The topological polar surface area (TPSA) is 71.7 Å². The minimum Gasteiger partial charge on any atom is -0.508 e. The molecule has 5 heteroatoms. The van der Waals surface area contributed by atoms with Crippen LogP contribution in [0.1, 0.15) is 31.7 Å². The van der Waals surface area contributed by atoms with Gasteiger partial charge in [-0.25, -0.2) is 4.79 Å². The van der Waals surface area contributed by atoms with Crippen molar-refractivity contribution >= 4 is 16.9 Å². The van der Waals surface area contributed by atoms with Crippen LogP contribution >= 0.6 is 0 Å². The maximum absolute atomic E-state index is 11.5. The van der Waals surface area contributed by atoms with E-state index in [4.69, 9.17) is 0 Å². The van der Waals surface area contributed by atoms with Gasteiger partial charge in [-0.1, -0.05) is 0 Å². The lowest BCUT2D eigenvalue weighted by atomic mass is 10.2. The van der Waals surface area contributed by atoms with E-state index in [1.165, 1.54) is 7.11 Å². The van der Waals surface area contributed by atoms with Crippen LogP contribution in [0.15, 0.2) is 24.3 Å². The molecule has 0 radical (unpaired) electrons. The number of hydrogen-bond acceptors (Lipinski definition) is 4. The van der Waals surface area contributed by atoms with Gasteiger partial charge in [0, 0.05) is 17.5 Å². The second-order valence-electron chi connectivity index (χ2n) is 4.70. The summed E-state index contributed by atoms with van der Waals surface area (Å²) in [5, 5.41) is 20.5. The fraction of sp³-hybridized carbons (Fsp3) is 0.357. The first kappa shape index (κ1) is 13.4. The number of aliphatic hydroxyl groups excluding tert-OH is 1. The number of fused-ring (bicyclic) bond motifs is 1. The van der Waals surface area contributed by atoms with Crippen LogP contribution < -0.4 is 0 Å². The van der Waals surface area contributed by atoms with Gasteiger partial charge in [0.1, 0.15) is 5.75 Å². The van der Waals surface area contributed by atoms with Gasteiger partial charge < -0.3 is 19.5 Å².